The second-order valence-corrected chi connectivity index (χ2v) is 7.89. The number of carbonyl (C=O) groups excluding carboxylic acids is 1. The van der Waals surface area contributed by atoms with Crippen molar-refractivity contribution in [3.05, 3.63) is 86.9 Å². The summed E-state index contributed by atoms with van der Waals surface area (Å²) < 4.78 is 13.5. The highest BCUT2D eigenvalue weighted by Crippen LogP contribution is 2.39. The number of hydrogen-bond acceptors (Lipinski definition) is 6. The number of methoxy groups -OCH3 is 1. The first kappa shape index (κ1) is 20.7. The Kier molecular flexibility index (Phi) is 5.29. The van der Waals surface area contributed by atoms with Gasteiger partial charge in [-0.2, -0.15) is 5.10 Å². The van der Waals surface area contributed by atoms with Gasteiger partial charge in [-0.3, -0.25) is 4.79 Å². The fourth-order valence-corrected chi connectivity index (χ4v) is 3.80. The SMILES string of the molecule is COc1cccc2cc(C(=O)NCCn3nc(C4CC4)n(-c4ccccc4)c3=O)c(=O)oc12. The molecule has 4 aromatic rings. The summed E-state index contributed by atoms with van der Waals surface area (Å²) >= 11 is 0. The van der Waals surface area contributed by atoms with Crippen molar-refractivity contribution in [2.45, 2.75) is 25.3 Å². The van der Waals surface area contributed by atoms with E-state index in [0.29, 0.717) is 11.1 Å². The van der Waals surface area contributed by atoms with Crippen molar-refractivity contribution in [1.29, 1.82) is 0 Å². The molecule has 1 fully saturated rings. The lowest BCUT2D eigenvalue weighted by molar-refractivity contribution is 0.0948. The maximum atomic E-state index is 13.0. The molecule has 2 heterocycles. The van der Waals surface area contributed by atoms with Gasteiger partial charge >= 0.3 is 11.3 Å². The van der Waals surface area contributed by atoms with Crippen LogP contribution in [-0.4, -0.2) is 33.9 Å². The van der Waals surface area contributed by atoms with E-state index < -0.39 is 11.5 Å². The van der Waals surface area contributed by atoms with Gasteiger partial charge in [0.2, 0.25) is 0 Å². The molecule has 2 aromatic heterocycles. The van der Waals surface area contributed by atoms with Crippen molar-refractivity contribution >= 4 is 16.9 Å². The molecular formula is C24H22N4O5. The molecule has 0 spiro atoms. The highest BCUT2D eigenvalue weighted by Gasteiger charge is 2.31. The van der Waals surface area contributed by atoms with Crippen molar-refractivity contribution in [3.63, 3.8) is 0 Å². The van der Waals surface area contributed by atoms with Gasteiger partial charge in [0.05, 0.1) is 19.3 Å². The summed E-state index contributed by atoms with van der Waals surface area (Å²) in [5, 5.41) is 7.77. The van der Waals surface area contributed by atoms with Gasteiger partial charge in [-0.1, -0.05) is 30.3 Å². The van der Waals surface area contributed by atoms with Crippen LogP contribution in [0.1, 0.15) is 34.9 Å². The largest absolute Gasteiger partial charge is 0.493 e. The zero-order valence-corrected chi connectivity index (χ0v) is 18.0. The van der Waals surface area contributed by atoms with Gasteiger partial charge in [0.1, 0.15) is 11.4 Å². The number of ether oxygens (including phenoxy) is 1. The zero-order valence-electron chi connectivity index (χ0n) is 18.0. The molecule has 2 aromatic carbocycles. The number of hydrogen-bond donors (Lipinski definition) is 1. The van der Waals surface area contributed by atoms with E-state index in [1.807, 2.05) is 30.3 Å². The third-order valence-electron chi connectivity index (χ3n) is 5.62. The number of nitrogens with zero attached hydrogens (tertiary/aromatic N) is 3. The van der Waals surface area contributed by atoms with Crippen LogP contribution in [0.15, 0.2) is 68.6 Å². The first-order valence-corrected chi connectivity index (χ1v) is 10.7. The van der Waals surface area contributed by atoms with Crippen LogP contribution in [0.3, 0.4) is 0 Å². The molecule has 0 atom stereocenters. The predicted molar refractivity (Wildman–Crippen MR) is 121 cm³/mol. The molecule has 9 heteroatoms. The number of rotatable bonds is 7. The molecule has 0 saturated heterocycles. The molecule has 1 amide bonds. The fraction of sp³-hybridized carbons (Fsp3) is 0.250. The smallest absolute Gasteiger partial charge is 0.350 e. The molecule has 0 radical (unpaired) electrons. The van der Waals surface area contributed by atoms with Gasteiger partial charge in [0.25, 0.3) is 5.91 Å². The summed E-state index contributed by atoms with van der Waals surface area (Å²) in [5.41, 5.74) is -0.0756. The fourth-order valence-electron chi connectivity index (χ4n) is 3.80. The van der Waals surface area contributed by atoms with Crippen molar-refractivity contribution in [2.24, 2.45) is 0 Å². The molecule has 0 aliphatic heterocycles. The van der Waals surface area contributed by atoms with Crippen LogP contribution in [0.2, 0.25) is 0 Å². The lowest BCUT2D eigenvalue weighted by Gasteiger charge is -2.07. The highest BCUT2D eigenvalue weighted by molar-refractivity contribution is 5.97. The average molecular weight is 446 g/mol. The first-order valence-electron chi connectivity index (χ1n) is 10.7. The molecule has 33 heavy (non-hydrogen) atoms. The molecular weight excluding hydrogens is 424 g/mol. The lowest BCUT2D eigenvalue weighted by atomic mass is 10.1. The standard InChI is InChI=1S/C24H22N4O5/c1-32-19-9-5-6-16-14-18(23(30)33-20(16)19)22(29)25-12-13-27-24(31)28(17-7-3-2-4-8-17)21(26-27)15-10-11-15/h2-9,14-15H,10-13H2,1H3,(H,25,29). The molecule has 1 aliphatic carbocycles. The second-order valence-electron chi connectivity index (χ2n) is 7.89. The van der Waals surface area contributed by atoms with Gasteiger partial charge in [0.15, 0.2) is 11.3 Å². The molecule has 1 saturated carbocycles. The summed E-state index contributed by atoms with van der Waals surface area (Å²) in [6, 6.07) is 16.0. The molecule has 5 rings (SSSR count). The van der Waals surface area contributed by atoms with E-state index in [4.69, 9.17) is 9.15 Å². The Morgan fingerprint density at radius 2 is 1.94 bits per heavy atom. The van der Waals surface area contributed by atoms with Crippen LogP contribution >= 0.6 is 0 Å². The van der Waals surface area contributed by atoms with E-state index >= 15 is 0 Å². The molecule has 0 unspecified atom stereocenters. The van der Waals surface area contributed by atoms with Gasteiger partial charge in [-0.25, -0.2) is 18.8 Å². The van der Waals surface area contributed by atoms with Gasteiger partial charge < -0.3 is 14.5 Å². The van der Waals surface area contributed by atoms with Crippen molar-refractivity contribution in [1.82, 2.24) is 19.7 Å². The van der Waals surface area contributed by atoms with Crippen molar-refractivity contribution in [3.8, 4) is 11.4 Å². The van der Waals surface area contributed by atoms with E-state index in [2.05, 4.69) is 10.4 Å². The average Bonchev–Trinajstić information content (AvgIpc) is 3.62. The summed E-state index contributed by atoms with van der Waals surface area (Å²) in [7, 11) is 1.48. The minimum absolute atomic E-state index is 0.114. The summed E-state index contributed by atoms with van der Waals surface area (Å²) in [6.45, 7) is 0.307. The van der Waals surface area contributed by atoms with E-state index in [9.17, 15) is 14.4 Å². The molecule has 0 bridgehead atoms. The molecule has 9 nitrogen and oxygen atoms in total. The van der Waals surface area contributed by atoms with Gasteiger partial charge in [0, 0.05) is 17.8 Å². The van der Waals surface area contributed by atoms with E-state index in [-0.39, 0.29) is 35.8 Å². The second kappa shape index (κ2) is 8.42. The number of carbonyl (C=O) groups is 1. The van der Waals surface area contributed by atoms with Crippen LogP contribution in [-0.2, 0) is 6.54 Å². The zero-order chi connectivity index (χ0) is 22.9. The Morgan fingerprint density at radius 3 is 2.67 bits per heavy atom. The summed E-state index contributed by atoms with van der Waals surface area (Å²) in [4.78, 5) is 38.0. The first-order chi connectivity index (χ1) is 16.1. The number of benzene rings is 2. The van der Waals surface area contributed by atoms with Gasteiger partial charge in [-0.15, -0.1) is 0 Å². The Hall–Kier alpha value is -4.14. The highest BCUT2D eigenvalue weighted by atomic mass is 16.5. The summed E-state index contributed by atoms with van der Waals surface area (Å²) in [5.74, 6) is 0.845. The topological polar surface area (TPSA) is 108 Å². The number of para-hydroxylation sites is 2. The van der Waals surface area contributed by atoms with E-state index in [1.54, 1.807) is 22.8 Å². The Balaban J connectivity index is 1.34. The normalized spacial score (nSPS) is 13.2. The van der Waals surface area contributed by atoms with Crippen molar-refractivity contribution in [2.75, 3.05) is 13.7 Å². The van der Waals surface area contributed by atoms with Gasteiger partial charge in [-0.05, 0) is 37.1 Å². The van der Waals surface area contributed by atoms with Crippen LogP contribution < -0.4 is 21.4 Å². The van der Waals surface area contributed by atoms with Crippen molar-refractivity contribution < 1.29 is 13.9 Å². The lowest BCUT2D eigenvalue weighted by Crippen LogP contribution is -2.33. The minimum Gasteiger partial charge on any atom is -0.493 e. The van der Waals surface area contributed by atoms with Crippen LogP contribution in [0, 0.1) is 0 Å². The summed E-state index contributed by atoms with van der Waals surface area (Å²) in [6.07, 6.45) is 2.01. The molecule has 168 valence electrons. The maximum Gasteiger partial charge on any atom is 0.350 e. The van der Waals surface area contributed by atoms with Crippen LogP contribution in [0.4, 0.5) is 0 Å². The maximum absolute atomic E-state index is 13.0. The Morgan fingerprint density at radius 1 is 1.15 bits per heavy atom. The number of aromatic nitrogens is 3. The third-order valence-corrected chi connectivity index (χ3v) is 5.62. The Bertz CT molecular complexity index is 1450. The Labute approximate surface area is 188 Å². The molecule has 1 aliphatic rings. The molecule has 1 N–H and O–H groups in total. The van der Waals surface area contributed by atoms with Crippen LogP contribution in [0.25, 0.3) is 16.7 Å². The monoisotopic (exact) mass is 446 g/mol. The number of fused-ring (bicyclic) bond motifs is 1. The van der Waals surface area contributed by atoms with E-state index in [1.165, 1.54) is 17.9 Å². The number of amides is 1. The number of nitrogens with one attached hydrogen (secondary N) is 1. The predicted octanol–water partition coefficient (Wildman–Crippen LogP) is 2.46. The van der Waals surface area contributed by atoms with E-state index in [0.717, 1.165) is 24.4 Å². The quantitative estimate of drug-likeness (QED) is 0.437. The third kappa shape index (κ3) is 3.93. The van der Waals surface area contributed by atoms with Crippen LogP contribution in [0.5, 0.6) is 5.75 Å². The minimum atomic E-state index is -0.758.